The lowest BCUT2D eigenvalue weighted by molar-refractivity contribution is -0.118. The van der Waals surface area contributed by atoms with Crippen LogP contribution in [-0.2, 0) is 4.79 Å². The van der Waals surface area contributed by atoms with Crippen molar-refractivity contribution in [1.82, 2.24) is 4.90 Å². The summed E-state index contributed by atoms with van der Waals surface area (Å²) in [6.07, 6.45) is 10.0. The van der Waals surface area contributed by atoms with Gasteiger partial charge >= 0.3 is 0 Å². The minimum Gasteiger partial charge on any atom is -0.303 e. The first-order chi connectivity index (χ1) is 7.74. The second-order valence-electron chi connectivity index (χ2n) is 6.02. The summed E-state index contributed by atoms with van der Waals surface area (Å²) >= 11 is 0. The number of hydrogen-bond acceptors (Lipinski definition) is 2. The molecule has 0 aromatic carbocycles. The third-order valence-electron chi connectivity index (χ3n) is 4.40. The van der Waals surface area contributed by atoms with E-state index in [4.69, 9.17) is 0 Å². The van der Waals surface area contributed by atoms with E-state index in [-0.39, 0.29) is 5.41 Å². The molecule has 1 atom stereocenters. The second-order valence-corrected chi connectivity index (χ2v) is 6.02. The van der Waals surface area contributed by atoms with Crippen molar-refractivity contribution in [2.75, 3.05) is 19.6 Å². The second kappa shape index (κ2) is 5.31. The highest BCUT2D eigenvalue weighted by atomic mass is 16.1. The summed E-state index contributed by atoms with van der Waals surface area (Å²) in [7, 11) is 0. The molecule has 1 saturated heterocycles. The molecule has 0 radical (unpaired) electrons. The molecule has 2 rings (SSSR count). The Morgan fingerprint density at radius 2 is 1.94 bits per heavy atom. The van der Waals surface area contributed by atoms with E-state index in [2.05, 4.69) is 11.8 Å². The predicted molar refractivity (Wildman–Crippen MR) is 66.4 cm³/mol. The lowest BCUT2D eigenvalue weighted by Gasteiger charge is -2.31. The summed E-state index contributed by atoms with van der Waals surface area (Å²) in [6.45, 7) is 5.76. The van der Waals surface area contributed by atoms with Gasteiger partial charge in [-0.25, -0.2) is 0 Å². The van der Waals surface area contributed by atoms with Crippen LogP contribution in [0.25, 0.3) is 0 Å². The van der Waals surface area contributed by atoms with Gasteiger partial charge < -0.3 is 9.69 Å². The van der Waals surface area contributed by atoms with Crippen molar-refractivity contribution in [2.45, 2.75) is 51.9 Å². The zero-order valence-electron chi connectivity index (χ0n) is 10.6. The third kappa shape index (κ3) is 2.85. The normalized spacial score (nSPS) is 31.2. The maximum absolute atomic E-state index is 11.5. The predicted octanol–water partition coefficient (Wildman–Crippen LogP) is 2.87. The van der Waals surface area contributed by atoms with Gasteiger partial charge in [0.2, 0.25) is 0 Å². The van der Waals surface area contributed by atoms with Crippen molar-refractivity contribution in [3.05, 3.63) is 0 Å². The van der Waals surface area contributed by atoms with Gasteiger partial charge in [-0.15, -0.1) is 0 Å². The van der Waals surface area contributed by atoms with Crippen LogP contribution in [0.5, 0.6) is 0 Å². The van der Waals surface area contributed by atoms with Crippen LogP contribution < -0.4 is 0 Å². The lowest BCUT2D eigenvalue weighted by atomic mass is 9.81. The Kier molecular flexibility index (Phi) is 4.01. The van der Waals surface area contributed by atoms with E-state index < -0.39 is 0 Å². The molecular formula is C14H25NO. The van der Waals surface area contributed by atoms with Crippen LogP contribution in [0, 0.1) is 11.3 Å². The number of nitrogens with zero attached hydrogens (tertiary/aromatic N) is 1. The first-order valence-electron chi connectivity index (χ1n) is 6.93. The molecule has 1 unspecified atom stereocenters. The van der Waals surface area contributed by atoms with Crippen molar-refractivity contribution in [3.63, 3.8) is 0 Å². The molecule has 0 N–H and O–H groups in total. The monoisotopic (exact) mass is 223 g/mol. The Hall–Kier alpha value is -0.370. The summed E-state index contributed by atoms with van der Waals surface area (Å²) in [5, 5.41) is 0. The molecule has 1 heterocycles. The van der Waals surface area contributed by atoms with E-state index in [1.807, 2.05) is 0 Å². The summed E-state index contributed by atoms with van der Waals surface area (Å²) < 4.78 is 0. The highest BCUT2D eigenvalue weighted by Gasteiger charge is 2.34. The molecule has 2 aliphatic rings. The molecule has 0 spiro atoms. The molecule has 2 fully saturated rings. The third-order valence-corrected chi connectivity index (χ3v) is 4.40. The van der Waals surface area contributed by atoms with Crippen LogP contribution >= 0.6 is 0 Å². The zero-order chi connectivity index (χ0) is 11.4. The van der Waals surface area contributed by atoms with Crippen LogP contribution in [0.3, 0.4) is 0 Å². The van der Waals surface area contributed by atoms with Gasteiger partial charge in [0.15, 0.2) is 0 Å². The van der Waals surface area contributed by atoms with E-state index in [9.17, 15) is 4.79 Å². The van der Waals surface area contributed by atoms with Gasteiger partial charge in [0.25, 0.3) is 0 Å². The van der Waals surface area contributed by atoms with Gasteiger partial charge in [0.05, 0.1) is 0 Å². The van der Waals surface area contributed by atoms with E-state index in [1.165, 1.54) is 51.5 Å². The fourth-order valence-corrected chi connectivity index (χ4v) is 3.36. The van der Waals surface area contributed by atoms with Gasteiger partial charge in [0.1, 0.15) is 6.29 Å². The summed E-state index contributed by atoms with van der Waals surface area (Å²) in [6, 6.07) is 0. The number of rotatable bonds is 3. The van der Waals surface area contributed by atoms with E-state index in [1.54, 1.807) is 0 Å². The number of likely N-dealkylation sites (tertiary alicyclic amines) is 1. The van der Waals surface area contributed by atoms with Crippen LogP contribution in [0.1, 0.15) is 51.9 Å². The van der Waals surface area contributed by atoms with Gasteiger partial charge in [-0.2, -0.15) is 0 Å². The Labute approximate surface area is 99.4 Å². The fraction of sp³-hybridized carbons (Fsp3) is 0.929. The van der Waals surface area contributed by atoms with Crippen molar-refractivity contribution in [1.29, 1.82) is 0 Å². The first kappa shape index (κ1) is 12.1. The zero-order valence-corrected chi connectivity index (χ0v) is 10.6. The number of aldehydes is 1. The summed E-state index contributed by atoms with van der Waals surface area (Å²) in [5.74, 6) is 0.828. The molecule has 2 nitrogen and oxygen atoms in total. The van der Waals surface area contributed by atoms with Gasteiger partial charge in [0, 0.05) is 18.5 Å². The Morgan fingerprint density at radius 3 is 2.44 bits per heavy atom. The molecule has 0 aromatic rings. The number of carbonyl (C=O) groups is 1. The van der Waals surface area contributed by atoms with Gasteiger partial charge in [-0.05, 0) is 31.7 Å². The molecule has 1 aliphatic carbocycles. The minimum atomic E-state index is 0.000556. The molecule has 1 saturated carbocycles. The lowest BCUT2D eigenvalue weighted by Crippen LogP contribution is -2.37. The molecule has 0 aromatic heterocycles. The molecule has 92 valence electrons. The number of hydrogen-bond donors (Lipinski definition) is 0. The smallest absolute Gasteiger partial charge is 0.127 e. The van der Waals surface area contributed by atoms with Crippen LogP contribution in [-0.4, -0.2) is 30.8 Å². The van der Waals surface area contributed by atoms with E-state index >= 15 is 0 Å². The molecular weight excluding hydrogens is 198 g/mol. The van der Waals surface area contributed by atoms with Crippen molar-refractivity contribution < 1.29 is 4.79 Å². The molecule has 1 aliphatic heterocycles. The number of carbonyl (C=O) groups excluding carboxylic acids is 1. The van der Waals surface area contributed by atoms with Crippen LogP contribution in [0.2, 0.25) is 0 Å². The molecule has 0 amide bonds. The Bertz CT molecular complexity index is 231. The topological polar surface area (TPSA) is 20.3 Å². The maximum atomic E-state index is 11.5. The van der Waals surface area contributed by atoms with Crippen molar-refractivity contribution >= 4 is 6.29 Å². The molecule has 0 bridgehead atoms. The Balaban J connectivity index is 1.94. The summed E-state index contributed by atoms with van der Waals surface area (Å²) in [5.41, 5.74) is 0.000556. The average molecular weight is 223 g/mol. The quantitative estimate of drug-likeness (QED) is 0.541. The van der Waals surface area contributed by atoms with Gasteiger partial charge in [-0.3, -0.25) is 0 Å². The highest BCUT2D eigenvalue weighted by Crippen LogP contribution is 2.35. The fourth-order valence-electron chi connectivity index (χ4n) is 3.36. The molecule has 2 heteroatoms. The van der Waals surface area contributed by atoms with Crippen LogP contribution in [0.15, 0.2) is 0 Å². The van der Waals surface area contributed by atoms with E-state index in [0.717, 1.165) is 25.3 Å². The van der Waals surface area contributed by atoms with E-state index in [0.29, 0.717) is 0 Å². The summed E-state index contributed by atoms with van der Waals surface area (Å²) in [4.78, 5) is 14.0. The Morgan fingerprint density at radius 1 is 1.25 bits per heavy atom. The SMILES string of the molecule is CC1CCN(CC2(C=O)CCCCCC2)C1. The standard InChI is InChI=1S/C14H25NO/c1-13-6-9-15(10-13)11-14(12-16)7-4-2-3-5-8-14/h12-13H,2-11H2,1H3. The van der Waals surface area contributed by atoms with Crippen molar-refractivity contribution in [2.24, 2.45) is 11.3 Å². The average Bonchev–Trinajstić information content (AvgIpc) is 2.54. The van der Waals surface area contributed by atoms with Gasteiger partial charge in [-0.1, -0.05) is 32.6 Å². The largest absolute Gasteiger partial charge is 0.303 e. The first-order valence-corrected chi connectivity index (χ1v) is 6.93. The highest BCUT2D eigenvalue weighted by molar-refractivity contribution is 5.59. The minimum absolute atomic E-state index is 0.000556. The van der Waals surface area contributed by atoms with Crippen LogP contribution in [0.4, 0.5) is 0 Å². The van der Waals surface area contributed by atoms with Crippen molar-refractivity contribution in [3.8, 4) is 0 Å². The molecule has 16 heavy (non-hydrogen) atoms. The maximum Gasteiger partial charge on any atom is 0.127 e.